The summed E-state index contributed by atoms with van der Waals surface area (Å²) in [5, 5.41) is 11.4. The molecule has 0 radical (unpaired) electrons. The Balaban J connectivity index is 2.30. The third kappa shape index (κ3) is 3.61. The molecule has 2 aromatic carbocycles. The SMILES string of the molecule is CSc1cccc(N(C)N)c1COc1cc(Cl)c(O)cc1C. The highest BCUT2D eigenvalue weighted by atomic mass is 35.5. The first-order chi connectivity index (χ1) is 10.4. The molecule has 0 bridgehead atoms. The number of aromatic hydroxyl groups is 1. The minimum atomic E-state index is 0.0541. The monoisotopic (exact) mass is 338 g/mol. The standard InChI is InChI=1S/C16H19ClN2O2S/c1-10-7-14(20)12(17)8-15(10)21-9-11-13(19(2)18)5-4-6-16(11)22-3/h4-8,20H,9,18H2,1-3H3. The van der Waals surface area contributed by atoms with Gasteiger partial charge in [0.1, 0.15) is 18.1 Å². The summed E-state index contributed by atoms with van der Waals surface area (Å²) in [5.41, 5.74) is 2.75. The van der Waals surface area contributed by atoms with E-state index in [0.717, 1.165) is 21.7 Å². The molecule has 0 atom stereocenters. The number of halogens is 1. The molecule has 22 heavy (non-hydrogen) atoms. The van der Waals surface area contributed by atoms with E-state index in [1.54, 1.807) is 36.0 Å². The topological polar surface area (TPSA) is 58.7 Å². The Labute approximate surface area is 139 Å². The molecule has 0 fully saturated rings. The molecule has 0 aliphatic rings. The number of hydrogen-bond acceptors (Lipinski definition) is 5. The van der Waals surface area contributed by atoms with E-state index in [-0.39, 0.29) is 10.8 Å². The predicted molar refractivity (Wildman–Crippen MR) is 93.0 cm³/mol. The van der Waals surface area contributed by atoms with Crippen molar-refractivity contribution in [1.29, 1.82) is 0 Å². The Kier molecular flexibility index (Phi) is 5.45. The minimum absolute atomic E-state index is 0.0541. The second-order valence-electron chi connectivity index (χ2n) is 4.93. The van der Waals surface area contributed by atoms with Crippen LogP contribution in [0.5, 0.6) is 11.5 Å². The molecule has 2 rings (SSSR count). The molecule has 0 aliphatic carbocycles. The van der Waals surface area contributed by atoms with Gasteiger partial charge in [-0.2, -0.15) is 0 Å². The summed E-state index contributed by atoms with van der Waals surface area (Å²) >= 11 is 7.59. The maximum Gasteiger partial charge on any atom is 0.134 e. The number of hydrazine groups is 1. The second-order valence-corrected chi connectivity index (χ2v) is 6.18. The van der Waals surface area contributed by atoms with E-state index in [9.17, 15) is 5.11 Å². The molecule has 6 heteroatoms. The van der Waals surface area contributed by atoms with E-state index in [1.165, 1.54) is 0 Å². The van der Waals surface area contributed by atoms with E-state index in [4.69, 9.17) is 22.2 Å². The summed E-state index contributed by atoms with van der Waals surface area (Å²) in [4.78, 5) is 1.11. The predicted octanol–water partition coefficient (Wildman–Crippen LogP) is 3.96. The first-order valence-corrected chi connectivity index (χ1v) is 8.30. The van der Waals surface area contributed by atoms with E-state index in [1.807, 2.05) is 31.4 Å². The van der Waals surface area contributed by atoms with Gasteiger partial charge in [0.25, 0.3) is 0 Å². The number of hydrogen-bond donors (Lipinski definition) is 2. The molecule has 2 aromatic rings. The van der Waals surface area contributed by atoms with Gasteiger partial charge < -0.3 is 14.9 Å². The Bertz CT molecular complexity index is 677. The number of phenolic OH excluding ortho intramolecular Hbond substituents is 1. The van der Waals surface area contributed by atoms with E-state index < -0.39 is 0 Å². The van der Waals surface area contributed by atoms with Gasteiger partial charge >= 0.3 is 0 Å². The molecule has 3 N–H and O–H groups in total. The molecule has 0 spiro atoms. The third-order valence-electron chi connectivity index (χ3n) is 3.32. The van der Waals surface area contributed by atoms with Gasteiger partial charge in [0.2, 0.25) is 0 Å². The zero-order valence-corrected chi connectivity index (χ0v) is 14.3. The van der Waals surface area contributed by atoms with Crippen LogP contribution in [-0.2, 0) is 6.61 Å². The fourth-order valence-corrected chi connectivity index (χ4v) is 2.95. The minimum Gasteiger partial charge on any atom is -0.506 e. The van der Waals surface area contributed by atoms with Gasteiger partial charge in [0.15, 0.2) is 0 Å². The summed E-state index contributed by atoms with van der Waals surface area (Å²) < 4.78 is 5.90. The van der Waals surface area contributed by atoms with Crippen molar-refractivity contribution >= 4 is 29.1 Å². The van der Waals surface area contributed by atoms with Gasteiger partial charge in [-0.1, -0.05) is 17.7 Å². The Morgan fingerprint density at radius 3 is 2.73 bits per heavy atom. The molecule has 0 saturated heterocycles. The average Bonchev–Trinajstić information content (AvgIpc) is 2.49. The molecule has 0 aromatic heterocycles. The molecule has 0 saturated carbocycles. The van der Waals surface area contributed by atoms with Crippen LogP contribution in [0.1, 0.15) is 11.1 Å². The van der Waals surface area contributed by atoms with Crippen LogP contribution >= 0.6 is 23.4 Å². The number of benzene rings is 2. The molecule has 0 heterocycles. The number of nitrogens with two attached hydrogens (primary N) is 1. The van der Waals surface area contributed by atoms with Crippen LogP contribution in [0, 0.1) is 6.92 Å². The highest BCUT2D eigenvalue weighted by Gasteiger charge is 2.12. The van der Waals surface area contributed by atoms with Gasteiger partial charge in [-0.05, 0) is 36.9 Å². The maximum absolute atomic E-state index is 9.59. The van der Waals surface area contributed by atoms with Crippen molar-refractivity contribution in [2.24, 2.45) is 5.84 Å². The quantitative estimate of drug-likeness (QED) is 0.491. The lowest BCUT2D eigenvalue weighted by molar-refractivity contribution is 0.301. The number of ether oxygens (including phenoxy) is 1. The van der Waals surface area contributed by atoms with Crippen molar-refractivity contribution in [3.05, 3.63) is 46.5 Å². The highest BCUT2D eigenvalue weighted by molar-refractivity contribution is 7.98. The van der Waals surface area contributed by atoms with Crippen molar-refractivity contribution < 1.29 is 9.84 Å². The maximum atomic E-state index is 9.59. The fourth-order valence-electron chi connectivity index (χ4n) is 2.17. The lowest BCUT2D eigenvalue weighted by Crippen LogP contribution is -2.26. The normalized spacial score (nSPS) is 10.6. The van der Waals surface area contributed by atoms with Gasteiger partial charge in [-0.15, -0.1) is 11.8 Å². The van der Waals surface area contributed by atoms with Crippen LogP contribution < -0.4 is 15.6 Å². The lowest BCUT2D eigenvalue weighted by atomic mass is 10.1. The summed E-state index contributed by atoms with van der Waals surface area (Å²) in [5.74, 6) is 6.59. The van der Waals surface area contributed by atoms with Crippen LogP contribution in [-0.4, -0.2) is 18.4 Å². The van der Waals surface area contributed by atoms with Gasteiger partial charge in [0.05, 0.1) is 10.7 Å². The van der Waals surface area contributed by atoms with Crippen molar-refractivity contribution in [1.82, 2.24) is 0 Å². The zero-order valence-electron chi connectivity index (χ0n) is 12.8. The molecule has 118 valence electrons. The van der Waals surface area contributed by atoms with Crippen molar-refractivity contribution in [2.75, 3.05) is 18.3 Å². The Morgan fingerprint density at radius 1 is 1.36 bits per heavy atom. The van der Waals surface area contributed by atoms with Crippen LogP contribution in [0.15, 0.2) is 35.2 Å². The number of aryl methyl sites for hydroxylation is 1. The van der Waals surface area contributed by atoms with Crippen LogP contribution in [0.25, 0.3) is 0 Å². The number of rotatable bonds is 5. The Hall–Kier alpha value is -1.56. The largest absolute Gasteiger partial charge is 0.506 e. The van der Waals surface area contributed by atoms with Crippen molar-refractivity contribution in [3.63, 3.8) is 0 Å². The van der Waals surface area contributed by atoms with Crippen LogP contribution in [0.3, 0.4) is 0 Å². The Morgan fingerprint density at radius 2 is 2.09 bits per heavy atom. The second kappa shape index (κ2) is 7.13. The van der Waals surface area contributed by atoms with E-state index >= 15 is 0 Å². The zero-order chi connectivity index (χ0) is 16.3. The summed E-state index contributed by atoms with van der Waals surface area (Å²) in [6, 6.07) is 9.17. The average molecular weight is 339 g/mol. The number of nitrogens with zero attached hydrogens (tertiary/aromatic N) is 1. The van der Waals surface area contributed by atoms with E-state index in [2.05, 4.69) is 0 Å². The molecular formula is C16H19ClN2O2S. The van der Waals surface area contributed by atoms with Gasteiger partial charge in [-0.3, -0.25) is 0 Å². The van der Waals surface area contributed by atoms with Gasteiger partial charge in [0, 0.05) is 23.6 Å². The highest BCUT2D eigenvalue weighted by Crippen LogP contribution is 2.33. The van der Waals surface area contributed by atoms with E-state index in [0.29, 0.717) is 12.4 Å². The van der Waals surface area contributed by atoms with Crippen LogP contribution in [0.4, 0.5) is 5.69 Å². The fraction of sp³-hybridized carbons (Fsp3) is 0.250. The number of anilines is 1. The summed E-state index contributed by atoms with van der Waals surface area (Å²) in [7, 11) is 1.80. The molecular weight excluding hydrogens is 320 g/mol. The lowest BCUT2D eigenvalue weighted by Gasteiger charge is -2.20. The summed E-state index contributed by atoms with van der Waals surface area (Å²) in [6.07, 6.45) is 2.02. The van der Waals surface area contributed by atoms with Crippen molar-refractivity contribution in [3.8, 4) is 11.5 Å². The van der Waals surface area contributed by atoms with Crippen LogP contribution in [0.2, 0.25) is 5.02 Å². The number of thioether (sulfide) groups is 1. The molecule has 4 nitrogen and oxygen atoms in total. The molecule has 0 amide bonds. The molecule has 0 aliphatic heterocycles. The first kappa shape index (κ1) is 16.8. The number of phenols is 1. The van der Waals surface area contributed by atoms with Gasteiger partial charge in [-0.25, -0.2) is 5.84 Å². The smallest absolute Gasteiger partial charge is 0.134 e. The molecule has 0 unspecified atom stereocenters. The van der Waals surface area contributed by atoms with Crippen molar-refractivity contribution in [2.45, 2.75) is 18.4 Å². The third-order valence-corrected chi connectivity index (χ3v) is 4.45. The summed E-state index contributed by atoms with van der Waals surface area (Å²) in [6.45, 7) is 2.23. The first-order valence-electron chi connectivity index (χ1n) is 6.70.